The number of nitrogens with one attached hydrogen (secondary N) is 1. The summed E-state index contributed by atoms with van der Waals surface area (Å²) in [6.45, 7) is 13.6. The zero-order valence-electron chi connectivity index (χ0n) is 23.0. The van der Waals surface area contributed by atoms with Crippen molar-refractivity contribution in [1.82, 2.24) is 15.1 Å². The molecule has 2 fully saturated rings. The van der Waals surface area contributed by atoms with Crippen molar-refractivity contribution in [2.24, 2.45) is 0 Å². The van der Waals surface area contributed by atoms with E-state index < -0.39 is 51.9 Å². The van der Waals surface area contributed by atoms with Crippen LogP contribution in [0.3, 0.4) is 0 Å². The molecule has 0 aromatic heterocycles. The number of hydrogen-bond acceptors (Lipinski definition) is 7. The number of amides is 2. The molecule has 2 amide bonds. The minimum atomic E-state index is -1.28. The molecule has 0 radical (unpaired) electrons. The van der Waals surface area contributed by atoms with Gasteiger partial charge in [0.1, 0.15) is 23.2 Å². The number of aliphatic carboxylic acids is 1. The Labute approximate surface area is 233 Å². The summed E-state index contributed by atoms with van der Waals surface area (Å²) >= 11 is 1.32. The molecule has 2 saturated heterocycles. The minimum absolute atomic E-state index is 0.300. The molecular formula is C29H37N3O6S. The number of esters is 1. The van der Waals surface area contributed by atoms with Gasteiger partial charge in [0.15, 0.2) is 5.92 Å². The molecule has 9 nitrogen and oxygen atoms in total. The van der Waals surface area contributed by atoms with Crippen LogP contribution in [0.25, 0.3) is 0 Å². The maximum atomic E-state index is 13.2. The summed E-state index contributed by atoms with van der Waals surface area (Å²) in [5.74, 6) is -3.99. The van der Waals surface area contributed by atoms with Crippen molar-refractivity contribution < 1.29 is 29.0 Å². The molecular weight excluding hydrogens is 518 g/mol. The number of β-lactam (4-membered cyclic amide) rings is 1. The molecule has 4 unspecified atom stereocenters. The number of ether oxygens (including phenoxy) is 1. The number of nitrogens with zero attached hydrogens (tertiary/aromatic N) is 2. The van der Waals surface area contributed by atoms with Gasteiger partial charge in [0.05, 0.1) is 0 Å². The predicted octanol–water partition coefficient (Wildman–Crippen LogP) is 3.36. The Hall–Kier alpha value is -3.37. The summed E-state index contributed by atoms with van der Waals surface area (Å²) in [5, 5.41) is 11.7. The molecule has 0 saturated carbocycles. The molecule has 210 valence electrons. The summed E-state index contributed by atoms with van der Waals surface area (Å²) in [4.78, 5) is 54.2. The van der Waals surface area contributed by atoms with Gasteiger partial charge in [-0.05, 0) is 51.2 Å². The van der Waals surface area contributed by atoms with Crippen molar-refractivity contribution in [1.29, 1.82) is 0 Å². The Balaban J connectivity index is 0.000000532. The highest BCUT2D eigenvalue weighted by Crippen LogP contribution is 2.50. The molecule has 4 atom stereocenters. The lowest BCUT2D eigenvalue weighted by molar-refractivity contribution is -0.161. The topological polar surface area (TPSA) is 116 Å². The standard InChI is InChI=1S/C23H22N2O6S.C6H15N/c1-23(2)17(21(28)29)25-19(27)16(20(25)32-23)24-18(26)15(13-9-5-3-6-10-13)22(30)31-14-11-7-4-8-12-14;1-4-7(5-2)6-3/h3-12,15-17,20H,1-2H3,(H,24,26)(H,28,29);4-6H2,1-3H3. The molecule has 2 N–H and O–H groups in total. The quantitative estimate of drug-likeness (QED) is 0.210. The first-order chi connectivity index (χ1) is 18.5. The molecule has 2 aromatic carbocycles. The molecule has 39 heavy (non-hydrogen) atoms. The highest BCUT2D eigenvalue weighted by molar-refractivity contribution is 8.01. The minimum Gasteiger partial charge on any atom is -0.480 e. The number of thioether (sulfide) groups is 1. The first-order valence-electron chi connectivity index (χ1n) is 13.1. The number of carboxylic acids is 1. The molecule has 2 heterocycles. The maximum Gasteiger partial charge on any atom is 0.328 e. The van der Waals surface area contributed by atoms with E-state index in [1.165, 1.54) is 36.3 Å². The van der Waals surface area contributed by atoms with Crippen molar-refractivity contribution in [3.63, 3.8) is 0 Å². The second-order valence-corrected chi connectivity index (χ2v) is 11.6. The number of fused-ring (bicyclic) bond motifs is 1. The first-order valence-corrected chi connectivity index (χ1v) is 14.0. The number of carboxylic acid groups (broad SMARTS) is 1. The van der Waals surface area contributed by atoms with Crippen molar-refractivity contribution in [2.75, 3.05) is 19.6 Å². The third-order valence-corrected chi connectivity index (χ3v) is 8.48. The lowest BCUT2D eigenvalue weighted by Crippen LogP contribution is -2.71. The van der Waals surface area contributed by atoms with E-state index in [9.17, 15) is 24.3 Å². The van der Waals surface area contributed by atoms with Gasteiger partial charge in [0, 0.05) is 4.75 Å². The van der Waals surface area contributed by atoms with Crippen LogP contribution in [0.2, 0.25) is 0 Å². The van der Waals surface area contributed by atoms with Crippen LogP contribution in [0.15, 0.2) is 60.7 Å². The largest absolute Gasteiger partial charge is 0.480 e. The molecule has 4 rings (SSSR count). The van der Waals surface area contributed by atoms with Gasteiger partial charge >= 0.3 is 11.9 Å². The fraction of sp³-hybridized carbons (Fsp3) is 0.448. The summed E-state index contributed by atoms with van der Waals surface area (Å²) < 4.78 is 4.69. The van der Waals surface area contributed by atoms with Crippen LogP contribution in [0.5, 0.6) is 5.75 Å². The summed E-state index contributed by atoms with van der Waals surface area (Å²) in [5.41, 5.74) is 0.428. The normalized spacial score (nSPS) is 21.6. The van der Waals surface area contributed by atoms with E-state index in [1.54, 1.807) is 74.5 Å². The van der Waals surface area contributed by atoms with Gasteiger partial charge in [-0.1, -0.05) is 69.3 Å². The third kappa shape index (κ3) is 6.80. The lowest BCUT2D eigenvalue weighted by Gasteiger charge is -2.43. The second kappa shape index (κ2) is 13.1. The number of hydrogen-bond donors (Lipinski definition) is 2. The van der Waals surface area contributed by atoms with Crippen molar-refractivity contribution in [3.05, 3.63) is 66.2 Å². The number of carbonyl (C=O) groups is 4. The van der Waals surface area contributed by atoms with E-state index in [-0.39, 0.29) is 0 Å². The molecule has 0 bridgehead atoms. The number of rotatable bonds is 9. The fourth-order valence-electron chi connectivity index (χ4n) is 4.76. The molecule has 0 aliphatic carbocycles. The maximum absolute atomic E-state index is 13.2. The highest BCUT2D eigenvalue weighted by Gasteiger charge is 2.64. The molecule has 2 aromatic rings. The summed E-state index contributed by atoms with van der Waals surface area (Å²) in [6, 6.07) is 15.0. The van der Waals surface area contributed by atoms with Gasteiger partial charge < -0.3 is 25.0 Å². The van der Waals surface area contributed by atoms with Gasteiger partial charge in [0.25, 0.3) is 0 Å². The van der Waals surface area contributed by atoms with Gasteiger partial charge in [-0.25, -0.2) is 4.79 Å². The predicted molar refractivity (Wildman–Crippen MR) is 150 cm³/mol. The number of carbonyl (C=O) groups excluding carboxylic acids is 3. The Morgan fingerprint density at radius 2 is 1.54 bits per heavy atom. The zero-order valence-corrected chi connectivity index (χ0v) is 23.8. The van der Waals surface area contributed by atoms with Gasteiger partial charge in [-0.15, -0.1) is 11.8 Å². The van der Waals surface area contributed by atoms with Crippen LogP contribution in [0.1, 0.15) is 46.1 Å². The van der Waals surface area contributed by atoms with Crippen molar-refractivity contribution in [2.45, 2.75) is 62.7 Å². The molecule has 2 aliphatic heterocycles. The Kier molecular flexibility index (Phi) is 10.2. The Bertz CT molecular complexity index is 1150. The van der Waals surface area contributed by atoms with Crippen LogP contribution in [-0.4, -0.2) is 80.5 Å². The van der Waals surface area contributed by atoms with Crippen LogP contribution in [-0.2, 0) is 19.2 Å². The Morgan fingerprint density at radius 1 is 1.00 bits per heavy atom. The summed E-state index contributed by atoms with van der Waals surface area (Å²) in [6.07, 6.45) is 0. The van der Waals surface area contributed by atoms with Crippen molar-refractivity contribution >= 4 is 35.5 Å². The first kappa shape index (κ1) is 30.2. The van der Waals surface area contributed by atoms with Crippen LogP contribution < -0.4 is 10.1 Å². The third-order valence-electron chi connectivity index (χ3n) is 6.91. The smallest absolute Gasteiger partial charge is 0.328 e. The van der Waals surface area contributed by atoms with E-state index >= 15 is 0 Å². The van der Waals surface area contributed by atoms with Crippen LogP contribution in [0.4, 0.5) is 0 Å². The van der Waals surface area contributed by atoms with E-state index in [0.717, 1.165) is 0 Å². The second-order valence-electron chi connectivity index (χ2n) is 9.78. The molecule has 2 aliphatic rings. The summed E-state index contributed by atoms with van der Waals surface area (Å²) in [7, 11) is 0. The van der Waals surface area contributed by atoms with Gasteiger partial charge in [0.2, 0.25) is 11.8 Å². The number of para-hydroxylation sites is 1. The SMILES string of the molecule is CC1(C)SC2C(NC(=O)C(C(=O)Oc3ccccc3)c3ccccc3)C(=O)N2C1C(=O)O.CCN(CC)CC. The monoisotopic (exact) mass is 555 g/mol. The van der Waals surface area contributed by atoms with E-state index in [4.69, 9.17) is 4.74 Å². The van der Waals surface area contributed by atoms with E-state index in [1.807, 2.05) is 0 Å². The average molecular weight is 556 g/mol. The Morgan fingerprint density at radius 3 is 2.03 bits per heavy atom. The van der Waals surface area contributed by atoms with Gasteiger partial charge in [-0.3, -0.25) is 14.4 Å². The molecule has 10 heteroatoms. The highest BCUT2D eigenvalue weighted by atomic mass is 32.2. The van der Waals surface area contributed by atoms with Gasteiger partial charge in [-0.2, -0.15) is 0 Å². The van der Waals surface area contributed by atoms with E-state index in [2.05, 4.69) is 31.0 Å². The zero-order chi connectivity index (χ0) is 28.7. The average Bonchev–Trinajstić information content (AvgIpc) is 3.18. The lowest BCUT2D eigenvalue weighted by atomic mass is 9.94. The number of benzene rings is 2. The fourth-order valence-corrected chi connectivity index (χ4v) is 6.38. The van der Waals surface area contributed by atoms with Crippen molar-refractivity contribution in [3.8, 4) is 5.75 Å². The van der Waals surface area contributed by atoms with Crippen LogP contribution in [0, 0.1) is 0 Å². The van der Waals surface area contributed by atoms with Crippen LogP contribution >= 0.6 is 11.8 Å². The molecule has 0 spiro atoms. The van der Waals surface area contributed by atoms with E-state index in [0.29, 0.717) is 11.3 Å².